The quantitative estimate of drug-likeness (QED) is 0.280. The Hall–Kier alpha value is -2.54. The number of aliphatic hydroxyl groups excluding tert-OH is 1. The Labute approximate surface area is 208 Å². The van der Waals surface area contributed by atoms with E-state index in [4.69, 9.17) is 24.3 Å². The molecule has 1 aromatic heterocycles. The molecule has 1 fully saturated rings. The number of carbonyl (C=O) groups excluding carboxylic acids is 1. The second-order valence-corrected chi connectivity index (χ2v) is 10.1. The normalized spacial score (nSPS) is 22.6. The van der Waals surface area contributed by atoms with E-state index in [1.54, 1.807) is 30.3 Å². The van der Waals surface area contributed by atoms with Crippen LogP contribution in [-0.2, 0) is 23.4 Å². The highest BCUT2D eigenvalue weighted by Gasteiger charge is 2.39. The Bertz CT molecular complexity index is 1210. The molecule has 1 aliphatic heterocycles. The van der Waals surface area contributed by atoms with Crippen LogP contribution in [0.3, 0.4) is 0 Å². The smallest absolute Gasteiger partial charge is 0.416 e. The van der Waals surface area contributed by atoms with Gasteiger partial charge in [0.05, 0.1) is 18.3 Å². The number of carbonyl (C=O) groups is 1. The average molecular weight is 574 g/mol. The second-order valence-electron chi connectivity index (χ2n) is 7.67. The maximum absolute atomic E-state index is 13.3. The van der Waals surface area contributed by atoms with Gasteiger partial charge in [0.1, 0.15) is 24.1 Å². The lowest BCUT2D eigenvalue weighted by molar-refractivity contribution is -0.143. The molecule has 0 saturated carbocycles. The van der Waals surface area contributed by atoms with Crippen molar-refractivity contribution >= 4 is 35.6 Å². The standard InChI is InChI=1S/C21H25BrN3O9P/c1-13(23)20(28)31-12-35(30,34-15-5-3-2-4-6-15)32-11-17-16(26)9-18(33-17)25-10-14(7-8-22)19(27)24-21(25)29/h2-8,10,13,16-18,26H,9,11-12,23H2,1H3,(H,24,27,29)/b8-7+/t13-,16-,17+,18+,35?/m0/s1. The third-order valence-corrected chi connectivity index (χ3v) is 6.65. The van der Waals surface area contributed by atoms with E-state index < -0.39 is 62.2 Å². The summed E-state index contributed by atoms with van der Waals surface area (Å²) in [6.07, 6.45) is -0.970. The number of ether oxygens (including phenoxy) is 2. The number of aromatic nitrogens is 2. The fourth-order valence-electron chi connectivity index (χ4n) is 3.13. The Morgan fingerprint density at radius 3 is 2.77 bits per heavy atom. The summed E-state index contributed by atoms with van der Waals surface area (Å²) in [5.41, 5.74) is 4.36. The minimum Gasteiger partial charge on any atom is -0.450 e. The van der Waals surface area contributed by atoms with Crippen LogP contribution in [0.2, 0.25) is 0 Å². The first-order valence-corrected chi connectivity index (χ1v) is 13.1. The molecule has 190 valence electrons. The average Bonchev–Trinajstić information content (AvgIpc) is 3.19. The number of rotatable bonds is 10. The van der Waals surface area contributed by atoms with Crippen molar-refractivity contribution < 1.29 is 33.0 Å². The summed E-state index contributed by atoms with van der Waals surface area (Å²) < 4.78 is 36.1. The Balaban J connectivity index is 1.73. The van der Waals surface area contributed by atoms with Gasteiger partial charge in [-0.05, 0) is 30.1 Å². The highest BCUT2D eigenvalue weighted by atomic mass is 79.9. The summed E-state index contributed by atoms with van der Waals surface area (Å²) in [6, 6.07) is 7.19. The summed E-state index contributed by atoms with van der Waals surface area (Å²) in [5.74, 6) is -0.584. The van der Waals surface area contributed by atoms with E-state index in [9.17, 15) is 24.1 Å². The fraction of sp³-hybridized carbons (Fsp3) is 0.381. The van der Waals surface area contributed by atoms with Crippen LogP contribution in [0, 0.1) is 0 Å². The van der Waals surface area contributed by atoms with Crippen LogP contribution < -0.4 is 21.5 Å². The Morgan fingerprint density at radius 2 is 2.11 bits per heavy atom. The van der Waals surface area contributed by atoms with Crippen LogP contribution in [0.25, 0.3) is 6.08 Å². The van der Waals surface area contributed by atoms with Gasteiger partial charge < -0.3 is 24.8 Å². The van der Waals surface area contributed by atoms with Crippen molar-refractivity contribution in [2.45, 2.75) is 37.8 Å². The first kappa shape index (κ1) is 27.1. The molecule has 0 radical (unpaired) electrons. The van der Waals surface area contributed by atoms with Gasteiger partial charge in [0.15, 0.2) is 0 Å². The molecule has 2 aromatic rings. The van der Waals surface area contributed by atoms with Gasteiger partial charge in [0.2, 0.25) is 6.35 Å². The van der Waals surface area contributed by atoms with E-state index in [1.165, 1.54) is 24.2 Å². The summed E-state index contributed by atoms with van der Waals surface area (Å²) in [4.78, 5) is 39.6. The number of esters is 1. The molecule has 0 amide bonds. The molecule has 1 saturated heterocycles. The van der Waals surface area contributed by atoms with Crippen LogP contribution in [0.15, 0.2) is 51.1 Å². The molecule has 2 heterocycles. The van der Waals surface area contributed by atoms with Gasteiger partial charge in [-0.15, -0.1) is 0 Å². The molecule has 0 aliphatic carbocycles. The largest absolute Gasteiger partial charge is 0.450 e. The highest BCUT2D eigenvalue weighted by Crippen LogP contribution is 2.49. The predicted molar refractivity (Wildman–Crippen MR) is 129 cm³/mol. The molecule has 1 unspecified atom stereocenters. The number of benzene rings is 1. The maximum atomic E-state index is 13.3. The third kappa shape index (κ3) is 7.23. The third-order valence-electron chi connectivity index (χ3n) is 4.91. The van der Waals surface area contributed by atoms with E-state index in [2.05, 4.69) is 20.9 Å². The van der Waals surface area contributed by atoms with Crippen molar-refractivity contribution in [1.82, 2.24) is 9.55 Å². The number of nitrogens with zero attached hydrogens (tertiary/aromatic N) is 1. The lowest BCUT2D eigenvalue weighted by Gasteiger charge is -2.22. The van der Waals surface area contributed by atoms with Crippen molar-refractivity contribution in [2.75, 3.05) is 13.0 Å². The molecule has 1 aliphatic rings. The number of hydrogen-bond donors (Lipinski definition) is 3. The van der Waals surface area contributed by atoms with Crippen molar-refractivity contribution in [1.29, 1.82) is 0 Å². The van der Waals surface area contributed by atoms with Crippen molar-refractivity contribution in [3.63, 3.8) is 0 Å². The van der Waals surface area contributed by atoms with Gasteiger partial charge in [0, 0.05) is 12.6 Å². The molecule has 1 aromatic carbocycles. The van der Waals surface area contributed by atoms with E-state index in [-0.39, 0.29) is 17.7 Å². The van der Waals surface area contributed by atoms with Crippen LogP contribution in [-0.4, -0.2) is 51.8 Å². The first-order chi connectivity index (χ1) is 16.6. The Kier molecular flexibility index (Phi) is 9.22. The van der Waals surface area contributed by atoms with E-state index in [0.29, 0.717) is 0 Å². The minimum absolute atomic E-state index is 0.000954. The molecule has 0 bridgehead atoms. The summed E-state index contributed by atoms with van der Waals surface area (Å²) in [6.45, 7) is 1.01. The first-order valence-electron chi connectivity index (χ1n) is 10.5. The number of aromatic amines is 1. The number of H-pyrrole nitrogens is 1. The maximum Gasteiger partial charge on any atom is 0.416 e. The van der Waals surface area contributed by atoms with E-state index >= 15 is 0 Å². The zero-order valence-corrected chi connectivity index (χ0v) is 21.1. The van der Waals surface area contributed by atoms with Crippen molar-refractivity contribution in [2.24, 2.45) is 5.73 Å². The minimum atomic E-state index is -4.06. The van der Waals surface area contributed by atoms with Crippen LogP contribution in [0.1, 0.15) is 25.1 Å². The van der Waals surface area contributed by atoms with E-state index in [1.807, 2.05) is 0 Å². The molecule has 12 nitrogen and oxygen atoms in total. The molecular weight excluding hydrogens is 549 g/mol. The van der Waals surface area contributed by atoms with Crippen molar-refractivity contribution in [3.05, 3.63) is 67.9 Å². The molecule has 4 N–H and O–H groups in total. The molecule has 5 atom stereocenters. The summed E-state index contributed by atoms with van der Waals surface area (Å²) >= 11 is 3.07. The molecule has 14 heteroatoms. The van der Waals surface area contributed by atoms with E-state index in [0.717, 1.165) is 4.57 Å². The number of nitrogens with two attached hydrogens (primary N) is 1. The highest BCUT2D eigenvalue weighted by molar-refractivity contribution is 9.11. The zero-order valence-electron chi connectivity index (χ0n) is 18.6. The lowest BCUT2D eigenvalue weighted by atomic mass is 10.2. The van der Waals surface area contributed by atoms with Crippen LogP contribution >= 0.6 is 23.5 Å². The van der Waals surface area contributed by atoms with Crippen LogP contribution in [0.5, 0.6) is 5.75 Å². The van der Waals surface area contributed by atoms with Gasteiger partial charge in [-0.3, -0.25) is 23.7 Å². The molecular formula is C21H25BrN3O9P. The van der Waals surface area contributed by atoms with Gasteiger partial charge in [-0.25, -0.2) is 9.36 Å². The molecule has 0 spiro atoms. The fourth-order valence-corrected chi connectivity index (χ4v) is 4.70. The number of para-hydroxylation sites is 1. The van der Waals surface area contributed by atoms with Crippen molar-refractivity contribution in [3.8, 4) is 5.75 Å². The monoisotopic (exact) mass is 573 g/mol. The summed E-state index contributed by atoms with van der Waals surface area (Å²) in [5, 5.41) is 10.5. The number of halogens is 1. The molecule has 3 rings (SSSR count). The lowest BCUT2D eigenvalue weighted by Crippen LogP contribution is -2.33. The number of hydrogen-bond acceptors (Lipinski definition) is 10. The van der Waals surface area contributed by atoms with Gasteiger partial charge in [-0.1, -0.05) is 34.1 Å². The predicted octanol–water partition coefficient (Wildman–Crippen LogP) is 1.69. The summed E-state index contributed by atoms with van der Waals surface area (Å²) in [7, 11) is -4.06. The van der Waals surface area contributed by atoms with Gasteiger partial charge in [0.25, 0.3) is 5.56 Å². The Morgan fingerprint density at radius 1 is 1.40 bits per heavy atom. The topological polar surface area (TPSA) is 172 Å². The molecule has 35 heavy (non-hydrogen) atoms. The number of aliphatic hydroxyl groups is 1. The van der Waals surface area contributed by atoms with Crippen LogP contribution in [0.4, 0.5) is 0 Å². The van der Waals surface area contributed by atoms with Gasteiger partial charge in [-0.2, -0.15) is 0 Å². The zero-order chi connectivity index (χ0) is 25.6. The SMILES string of the molecule is C[C@H](N)C(=O)OCP(=O)(OC[C@H]1O[C@@H](n2cc(/C=C/Br)c(=O)[nH]c2=O)C[C@@H]1O)Oc1ccccc1. The number of nitrogens with one attached hydrogen (secondary N) is 1. The second kappa shape index (κ2) is 11.9. The van der Waals surface area contributed by atoms with Gasteiger partial charge >= 0.3 is 19.3 Å².